The molecule has 0 heterocycles. The third-order valence-corrected chi connectivity index (χ3v) is 7.29. The van der Waals surface area contributed by atoms with Gasteiger partial charge < -0.3 is 15.0 Å². The smallest absolute Gasteiger partial charge is 0.416 e. The van der Waals surface area contributed by atoms with Crippen LogP contribution in [0.3, 0.4) is 0 Å². The number of alkyl halides is 3. The lowest BCUT2D eigenvalue weighted by atomic mass is 10.1. The molecule has 1 atom stereocenters. The fourth-order valence-electron chi connectivity index (χ4n) is 3.93. The number of benzene rings is 2. The van der Waals surface area contributed by atoms with Crippen molar-refractivity contribution in [3.63, 3.8) is 0 Å². The molecule has 39 heavy (non-hydrogen) atoms. The topological polar surface area (TPSA) is 96.0 Å². The van der Waals surface area contributed by atoms with Crippen molar-refractivity contribution in [1.82, 2.24) is 10.2 Å². The maximum Gasteiger partial charge on any atom is 0.416 e. The van der Waals surface area contributed by atoms with E-state index >= 15 is 0 Å². The minimum atomic E-state index is -4.64. The second-order valence-electron chi connectivity index (χ2n) is 9.18. The summed E-state index contributed by atoms with van der Waals surface area (Å²) in [6.45, 7) is 3.98. The van der Waals surface area contributed by atoms with Gasteiger partial charge in [0.05, 0.1) is 24.6 Å². The molecule has 2 aromatic rings. The molecule has 0 spiro atoms. The summed E-state index contributed by atoms with van der Waals surface area (Å²) in [5.74, 6) is -0.125. The number of ether oxygens (including phenoxy) is 1. The number of carbonyl (C=O) groups is 2. The number of nitrogens with zero attached hydrogens (tertiary/aromatic N) is 2. The van der Waals surface area contributed by atoms with Crippen molar-refractivity contribution in [3.8, 4) is 5.75 Å². The van der Waals surface area contributed by atoms with Crippen LogP contribution in [0.2, 0.25) is 0 Å². The molecule has 2 amide bonds. The third-order valence-electron chi connectivity index (χ3n) is 6.10. The van der Waals surface area contributed by atoms with E-state index in [1.807, 2.05) is 6.92 Å². The molecule has 2 aromatic carbocycles. The second-order valence-corrected chi connectivity index (χ2v) is 11.1. The van der Waals surface area contributed by atoms with Crippen LogP contribution >= 0.6 is 0 Å². The number of rotatable bonds is 14. The van der Waals surface area contributed by atoms with E-state index in [4.69, 9.17) is 4.74 Å². The highest BCUT2D eigenvalue weighted by Crippen LogP contribution is 2.32. The van der Waals surface area contributed by atoms with Crippen LogP contribution in [0.15, 0.2) is 48.5 Å². The van der Waals surface area contributed by atoms with Crippen LogP contribution in [0.1, 0.15) is 50.7 Å². The highest BCUT2D eigenvalue weighted by atomic mass is 32.2. The van der Waals surface area contributed by atoms with E-state index in [1.54, 1.807) is 31.2 Å². The van der Waals surface area contributed by atoms with Crippen molar-refractivity contribution in [2.45, 2.75) is 58.3 Å². The number of hydrogen-bond donors (Lipinski definition) is 1. The Balaban J connectivity index is 2.21. The first kappa shape index (κ1) is 31.9. The molecule has 0 aromatic heterocycles. The summed E-state index contributed by atoms with van der Waals surface area (Å²) in [4.78, 5) is 27.5. The summed E-state index contributed by atoms with van der Waals surface area (Å²) in [6, 6.07) is 10.3. The number of halogens is 3. The van der Waals surface area contributed by atoms with Gasteiger partial charge in [-0.05, 0) is 55.7 Å². The maximum absolute atomic E-state index is 13.3. The van der Waals surface area contributed by atoms with Crippen LogP contribution in [-0.4, -0.2) is 57.6 Å². The van der Waals surface area contributed by atoms with Crippen LogP contribution < -0.4 is 14.4 Å². The monoisotopic (exact) mass is 571 g/mol. The van der Waals surface area contributed by atoms with E-state index in [-0.39, 0.29) is 37.5 Å². The van der Waals surface area contributed by atoms with E-state index in [0.717, 1.165) is 47.2 Å². The van der Waals surface area contributed by atoms with Gasteiger partial charge in [0.1, 0.15) is 11.8 Å². The molecule has 0 saturated heterocycles. The van der Waals surface area contributed by atoms with Crippen LogP contribution in [0.5, 0.6) is 5.75 Å². The zero-order valence-electron chi connectivity index (χ0n) is 22.6. The fourth-order valence-corrected chi connectivity index (χ4v) is 4.88. The van der Waals surface area contributed by atoms with Crippen LogP contribution in [0, 0.1) is 0 Å². The van der Waals surface area contributed by atoms with Crippen molar-refractivity contribution in [3.05, 3.63) is 59.7 Å². The lowest BCUT2D eigenvalue weighted by Gasteiger charge is -2.29. The Bertz CT molecular complexity index is 1220. The van der Waals surface area contributed by atoms with Gasteiger partial charge in [-0.3, -0.25) is 13.9 Å². The predicted octanol–water partition coefficient (Wildman–Crippen LogP) is 4.59. The van der Waals surface area contributed by atoms with Crippen molar-refractivity contribution in [2.24, 2.45) is 0 Å². The maximum atomic E-state index is 13.3. The van der Waals surface area contributed by atoms with Gasteiger partial charge in [-0.25, -0.2) is 8.42 Å². The van der Waals surface area contributed by atoms with Crippen LogP contribution in [0.25, 0.3) is 0 Å². The number of amides is 2. The minimum absolute atomic E-state index is 0.0287. The lowest BCUT2D eigenvalue weighted by molar-refractivity contribution is -0.140. The van der Waals surface area contributed by atoms with Gasteiger partial charge in [-0.2, -0.15) is 13.2 Å². The second kappa shape index (κ2) is 14.2. The molecule has 0 fully saturated rings. The molecule has 0 aliphatic rings. The Morgan fingerprint density at radius 1 is 1.08 bits per heavy atom. The van der Waals surface area contributed by atoms with Gasteiger partial charge in [0.25, 0.3) is 0 Å². The summed E-state index contributed by atoms with van der Waals surface area (Å²) >= 11 is 0. The molecular weight excluding hydrogens is 535 g/mol. The van der Waals surface area contributed by atoms with Crippen molar-refractivity contribution >= 4 is 27.5 Å². The van der Waals surface area contributed by atoms with Gasteiger partial charge in [0, 0.05) is 26.1 Å². The summed E-state index contributed by atoms with van der Waals surface area (Å²) in [5, 5.41) is 2.82. The van der Waals surface area contributed by atoms with Crippen molar-refractivity contribution in [1.29, 1.82) is 0 Å². The number of hydrogen-bond acceptors (Lipinski definition) is 5. The molecule has 0 radical (unpaired) electrons. The molecule has 216 valence electrons. The van der Waals surface area contributed by atoms with Crippen molar-refractivity contribution < 1.29 is 35.9 Å². The van der Waals surface area contributed by atoms with E-state index in [0.29, 0.717) is 12.3 Å². The molecular formula is C27H36F3N3O5S. The number of sulfonamides is 1. The molecule has 8 nitrogen and oxygen atoms in total. The highest BCUT2D eigenvalue weighted by molar-refractivity contribution is 7.92. The largest absolute Gasteiger partial charge is 0.497 e. The van der Waals surface area contributed by atoms with E-state index in [2.05, 4.69) is 5.32 Å². The Labute approximate surface area is 228 Å². The molecule has 0 saturated carbocycles. The fraction of sp³-hybridized carbons (Fsp3) is 0.481. The number of methoxy groups -OCH3 is 1. The standard InChI is InChI=1S/C27H36F3N3O5S/c1-5-6-15-31-26(35)20(2)32(19-21-10-7-13-24(17-21)38-3)25(34)14-9-16-33(39(4,36)37)23-12-8-11-22(18-23)27(28,29)30/h7-8,10-13,17-18,20H,5-6,9,14-16,19H2,1-4H3,(H,31,35)/t20-/m1/s1. The molecule has 0 unspecified atom stereocenters. The zero-order valence-corrected chi connectivity index (χ0v) is 23.4. The third kappa shape index (κ3) is 9.76. The zero-order chi connectivity index (χ0) is 29.2. The van der Waals surface area contributed by atoms with Gasteiger partial charge in [0.15, 0.2) is 0 Å². The molecule has 0 bridgehead atoms. The van der Waals surface area contributed by atoms with E-state index in [1.165, 1.54) is 18.1 Å². The molecule has 2 rings (SSSR count). The quantitative estimate of drug-likeness (QED) is 0.335. The molecule has 1 N–H and O–H groups in total. The average molecular weight is 572 g/mol. The average Bonchev–Trinajstić information content (AvgIpc) is 2.88. The normalized spacial score (nSPS) is 12.5. The number of carbonyl (C=O) groups excluding carboxylic acids is 2. The summed E-state index contributed by atoms with van der Waals surface area (Å²) in [7, 11) is -2.42. The van der Waals surface area contributed by atoms with Gasteiger partial charge in [-0.1, -0.05) is 31.5 Å². The number of nitrogens with one attached hydrogen (secondary N) is 1. The highest BCUT2D eigenvalue weighted by Gasteiger charge is 2.32. The summed E-state index contributed by atoms with van der Waals surface area (Å²) < 4.78 is 70.5. The number of unbranched alkanes of at least 4 members (excludes halogenated alkanes) is 1. The van der Waals surface area contributed by atoms with E-state index < -0.39 is 33.7 Å². The van der Waals surface area contributed by atoms with Crippen molar-refractivity contribution in [2.75, 3.05) is 30.8 Å². The van der Waals surface area contributed by atoms with Gasteiger partial charge in [0.2, 0.25) is 21.8 Å². The van der Waals surface area contributed by atoms with Crippen LogP contribution in [0.4, 0.5) is 18.9 Å². The Morgan fingerprint density at radius 2 is 1.77 bits per heavy atom. The molecule has 0 aliphatic heterocycles. The van der Waals surface area contributed by atoms with Gasteiger partial charge >= 0.3 is 6.18 Å². The Hall–Kier alpha value is -3.28. The lowest BCUT2D eigenvalue weighted by Crippen LogP contribution is -2.48. The molecule has 12 heteroatoms. The SMILES string of the molecule is CCCCNC(=O)[C@@H](C)N(Cc1cccc(OC)c1)C(=O)CCCN(c1cccc(C(F)(F)F)c1)S(C)(=O)=O. The first-order chi connectivity index (χ1) is 18.3. The van der Waals surface area contributed by atoms with Gasteiger partial charge in [-0.15, -0.1) is 0 Å². The first-order valence-electron chi connectivity index (χ1n) is 12.6. The molecule has 0 aliphatic carbocycles. The summed E-state index contributed by atoms with van der Waals surface area (Å²) in [6.07, 6.45) is -2.15. The minimum Gasteiger partial charge on any atom is -0.497 e. The Kier molecular flexibility index (Phi) is 11.6. The summed E-state index contributed by atoms with van der Waals surface area (Å²) in [5.41, 5.74) is -0.383. The Morgan fingerprint density at radius 3 is 2.38 bits per heavy atom. The first-order valence-corrected chi connectivity index (χ1v) is 14.5. The predicted molar refractivity (Wildman–Crippen MR) is 144 cm³/mol. The van der Waals surface area contributed by atoms with Crippen LogP contribution in [-0.2, 0) is 32.3 Å². The van der Waals surface area contributed by atoms with E-state index in [9.17, 15) is 31.2 Å². The number of anilines is 1.